The number of carbonyl (C=O) groups excluding carboxylic acids is 1. The SMILES string of the molecule is O=C1c2ccccc2/C(=C/c2ccsc2)N1Cc1ccccc1. The van der Waals surface area contributed by atoms with E-state index in [-0.39, 0.29) is 5.91 Å². The van der Waals surface area contributed by atoms with Crippen LogP contribution in [0.5, 0.6) is 0 Å². The predicted molar refractivity (Wildman–Crippen MR) is 94.9 cm³/mol. The lowest BCUT2D eigenvalue weighted by Gasteiger charge is -2.18. The monoisotopic (exact) mass is 317 g/mol. The number of amides is 1. The van der Waals surface area contributed by atoms with E-state index in [0.29, 0.717) is 6.54 Å². The topological polar surface area (TPSA) is 20.3 Å². The van der Waals surface area contributed by atoms with Crippen LogP contribution in [0.4, 0.5) is 0 Å². The second kappa shape index (κ2) is 5.86. The number of hydrogen-bond donors (Lipinski definition) is 0. The van der Waals surface area contributed by atoms with Gasteiger partial charge < -0.3 is 4.90 Å². The van der Waals surface area contributed by atoms with E-state index in [2.05, 4.69) is 35.0 Å². The summed E-state index contributed by atoms with van der Waals surface area (Å²) in [5.74, 6) is 0.0749. The van der Waals surface area contributed by atoms with Crippen molar-refractivity contribution in [3.8, 4) is 0 Å². The maximum absolute atomic E-state index is 12.8. The van der Waals surface area contributed by atoms with Gasteiger partial charge in [-0.15, -0.1) is 0 Å². The van der Waals surface area contributed by atoms with Crippen LogP contribution in [0.3, 0.4) is 0 Å². The van der Waals surface area contributed by atoms with Gasteiger partial charge in [0, 0.05) is 11.1 Å². The number of benzene rings is 2. The largest absolute Gasteiger partial charge is 0.303 e. The van der Waals surface area contributed by atoms with Gasteiger partial charge in [0.2, 0.25) is 0 Å². The number of hydrogen-bond acceptors (Lipinski definition) is 2. The van der Waals surface area contributed by atoms with Crippen LogP contribution < -0.4 is 0 Å². The van der Waals surface area contributed by atoms with Gasteiger partial charge in [0.05, 0.1) is 12.2 Å². The number of thiophene rings is 1. The fourth-order valence-corrected chi connectivity index (χ4v) is 3.50. The van der Waals surface area contributed by atoms with E-state index in [1.807, 2.05) is 47.4 Å². The Morgan fingerprint density at radius 2 is 1.65 bits per heavy atom. The Balaban J connectivity index is 1.79. The van der Waals surface area contributed by atoms with Crippen molar-refractivity contribution >= 4 is 29.0 Å². The molecule has 23 heavy (non-hydrogen) atoms. The Morgan fingerprint density at radius 3 is 2.39 bits per heavy atom. The van der Waals surface area contributed by atoms with Crippen molar-refractivity contribution in [1.82, 2.24) is 4.90 Å². The van der Waals surface area contributed by atoms with Crippen LogP contribution >= 0.6 is 11.3 Å². The molecule has 0 N–H and O–H groups in total. The highest BCUT2D eigenvalue weighted by Crippen LogP contribution is 2.35. The molecule has 1 amide bonds. The summed E-state index contributed by atoms with van der Waals surface area (Å²) in [6.45, 7) is 0.588. The second-order valence-corrected chi connectivity index (χ2v) is 6.29. The zero-order valence-corrected chi connectivity index (χ0v) is 13.3. The highest BCUT2D eigenvalue weighted by atomic mass is 32.1. The fraction of sp³-hybridized carbons (Fsp3) is 0.0500. The molecule has 0 aliphatic carbocycles. The molecule has 112 valence electrons. The first kappa shape index (κ1) is 14.0. The van der Waals surface area contributed by atoms with E-state index < -0.39 is 0 Å². The molecule has 3 aromatic rings. The molecule has 1 aliphatic heterocycles. The van der Waals surface area contributed by atoms with Crippen LogP contribution in [0.25, 0.3) is 11.8 Å². The summed E-state index contributed by atoms with van der Waals surface area (Å²) >= 11 is 1.66. The van der Waals surface area contributed by atoms with E-state index >= 15 is 0 Å². The molecule has 1 aliphatic rings. The molecular formula is C20H15NOS. The summed E-state index contributed by atoms with van der Waals surface area (Å²) in [4.78, 5) is 14.7. The normalized spacial score (nSPS) is 15.2. The van der Waals surface area contributed by atoms with E-state index in [0.717, 1.165) is 28.0 Å². The molecule has 1 aromatic heterocycles. The highest BCUT2D eigenvalue weighted by Gasteiger charge is 2.31. The zero-order valence-electron chi connectivity index (χ0n) is 12.5. The summed E-state index contributed by atoms with van der Waals surface area (Å²) in [5, 5.41) is 4.15. The lowest BCUT2D eigenvalue weighted by Crippen LogP contribution is -2.22. The van der Waals surface area contributed by atoms with E-state index in [9.17, 15) is 4.79 Å². The Bertz CT molecular complexity index is 866. The van der Waals surface area contributed by atoms with Crippen molar-refractivity contribution in [3.63, 3.8) is 0 Å². The molecule has 0 unspecified atom stereocenters. The van der Waals surface area contributed by atoms with Gasteiger partial charge in [-0.25, -0.2) is 0 Å². The number of fused-ring (bicyclic) bond motifs is 1. The molecule has 0 fully saturated rings. The van der Waals surface area contributed by atoms with Gasteiger partial charge in [0.1, 0.15) is 0 Å². The Labute approximate surface area is 139 Å². The smallest absolute Gasteiger partial charge is 0.259 e. The maximum Gasteiger partial charge on any atom is 0.259 e. The van der Waals surface area contributed by atoms with E-state index in [1.165, 1.54) is 0 Å². The van der Waals surface area contributed by atoms with E-state index in [4.69, 9.17) is 0 Å². The van der Waals surface area contributed by atoms with Crippen LogP contribution in [-0.4, -0.2) is 10.8 Å². The van der Waals surface area contributed by atoms with Crippen molar-refractivity contribution in [1.29, 1.82) is 0 Å². The van der Waals surface area contributed by atoms with E-state index in [1.54, 1.807) is 11.3 Å². The average Bonchev–Trinajstić information content (AvgIpc) is 3.19. The van der Waals surface area contributed by atoms with Gasteiger partial charge >= 0.3 is 0 Å². The van der Waals surface area contributed by atoms with Crippen LogP contribution in [0.2, 0.25) is 0 Å². The van der Waals surface area contributed by atoms with Crippen molar-refractivity contribution < 1.29 is 4.79 Å². The number of rotatable bonds is 3. The lowest BCUT2D eigenvalue weighted by atomic mass is 10.1. The Kier molecular flexibility index (Phi) is 3.56. The zero-order chi connectivity index (χ0) is 15.6. The Morgan fingerprint density at radius 1 is 0.913 bits per heavy atom. The highest BCUT2D eigenvalue weighted by molar-refractivity contribution is 7.08. The van der Waals surface area contributed by atoms with Gasteiger partial charge in [0.25, 0.3) is 5.91 Å². The summed E-state index contributed by atoms with van der Waals surface area (Å²) in [6, 6.07) is 20.0. The lowest BCUT2D eigenvalue weighted by molar-refractivity contribution is 0.0843. The molecule has 2 heterocycles. The van der Waals surface area contributed by atoms with Gasteiger partial charge in [-0.1, -0.05) is 48.5 Å². The van der Waals surface area contributed by atoms with Crippen LogP contribution in [0.15, 0.2) is 71.4 Å². The molecule has 0 bridgehead atoms. The standard InChI is InChI=1S/C20H15NOS/c22-20-18-9-5-4-8-17(18)19(12-16-10-11-23-14-16)21(20)13-15-6-2-1-3-7-15/h1-12,14H,13H2/b19-12-. The summed E-state index contributed by atoms with van der Waals surface area (Å²) in [7, 11) is 0. The number of nitrogens with zero attached hydrogens (tertiary/aromatic N) is 1. The van der Waals surface area contributed by atoms with Gasteiger partial charge in [0.15, 0.2) is 0 Å². The molecule has 0 atom stereocenters. The molecule has 3 heteroatoms. The third-order valence-corrected chi connectivity index (χ3v) is 4.70. The summed E-state index contributed by atoms with van der Waals surface area (Å²) < 4.78 is 0. The molecule has 4 rings (SSSR count). The third-order valence-electron chi connectivity index (χ3n) is 4.00. The molecule has 0 radical (unpaired) electrons. The quantitative estimate of drug-likeness (QED) is 0.672. The minimum absolute atomic E-state index is 0.0749. The van der Waals surface area contributed by atoms with Crippen molar-refractivity contribution in [2.75, 3.05) is 0 Å². The van der Waals surface area contributed by atoms with Crippen molar-refractivity contribution in [2.24, 2.45) is 0 Å². The molecule has 2 aromatic carbocycles. The molecular weight excluding hydrogens is 302 g/mol. The van der Waals surface area contributed by atoms with Gasteiger partial charge in [-0.05, 0) is 40.1 Å². The average molecular weight is 317 g/mol. The summed E-state index contributed by atoms with van der Waals surface area (Å²) in [5.41, 5.74) is 5.04. The van der Waals surface area contributed by atoms with Crippen LogP contribution in [0, 0.1) is 0 Å². The predicted octanol–water partition coefficient (Wildman–Crippen LogP) is 4.90. The second-order valence-electron chi connectivity index (χ2n) is 5.51. The van der Waals surface area contributed by atoms with Gasteiger partial charge in [-0.3, -0.25) is 4.79 Å². The minimum Gasteiger partial charge on any atom is -0.303 e. The summed E-state index contributed by atoms with van der Waals surface area (Å²) in [6.07, 6.45) is 2.10. The number of carbonyl (C=O) groups is 1. The van der Waals surface area contributed by atoms with Crippen LogP contribution in [-0.2, 0) is 6.54 Å². The minimum atomic E-state index is 0.0749. The molecule has 0 spiro atoms. The van der Waals surface area contributed by atoms with Gasteiger partial charge in [-0.2, -0.15) is 11.3 Å². The van der Waals surface area contributed by atoms with Crippen molar-refractivity contribution in [3.05, 3.63) is 93.7 Å². The Hall–Kier alpha value is -2.65. The van der Waals surface area contributed by atoms with Crippen LogP contribution in [0.1, 0.15) is 27.0 Å². The molecule has 0 saturated carbocycles. The molecule has 2 nitrogen and oxygen atoms in total. The first-order valence-electron chi connectivity index (χ1n) is 7.52. The first-order chi connectivity index (χ1) is 11.3. The first-order valence-corrected chi connectivity index (χ1v) is 8.46. The fourth-order valence-electron chi connectivity index (χ4n) is 2.89. The van der Waals surface area contributed by atoms with Crippen molar-refractivity contribution in [2.45, 2.75) is 6.54 Å². The molecule has 0 saturated heterocycles. The third kappa shape index (κ3) is 2.60. The maximum atomic E-state index is 12.8.